The van der Waals surface area contributed by atoms with Gasteiger partial charge in [-0.3, -0.25) is 4.79 Å². The van der Waals surface area contributed by atoms with E-state index in [0.29, 0.717) is 12.1 Å². The first kappa shape index (κ1) is 10.7. The molecule has 0 unspecified atom stereocenters. The molecule has 0 heterocycles. The number of carbonyl (C=O) groups excluding carboxylic acids is 1. The summed E-state index contributed by atoms with van der Waals surface area (Å²) in [6.45, 7) is 2.68. The van der Waals surface area contributed by atoms with Crippen LogP contribution in [0.15, 0.2) is 24.3 Å². The topological polar surface area (TPSA) is 43.1 Å². The second kappa shape index (κ2) is 5.35. The van der Waals surface area contributed by atoms with Gasteiger partial charge in [0.15, 0.2) is 0 Å². The van der Waals surface area contributed by atoms with Crippen LogP contribution in [-0.2, 0) is 0 Å². The van der Waals surface area contributed by atoms with Crippen LogP contribution < -0.4 is 5.73 Å². The smallest absolute Gasteiger partial charge is 0.150 e. The molecule has 0 radical (unpaired) electrons. The Morgan fingerprint density at radius 2 is 2.21 bits per heavy atom. The zero-order valence-electron chi connectivity index (χ0n) is 8.36. The predicted molar refractivity (Wildman–Crippen MR) is 59.3 cm³/mol. The Balaban J connectivity index is 2.89. The molecule has 0 aliphatic carbocycles. The van der Waals surface area contributed by atoms with Crippen LogP contribution in [0, 0.1) is 6.92 Å². The molecule has 0 aliphatic rings. The first-order valence-electron chi connectivity index (χ1n) is 4.70. The second-order valence-corrected chi connectivity index (χ2v) is 3.21. The molecule has 0 saturated carbocycles. The second-order valence-electron chi connectivity index (χ2n) is 3.21. The van der Waals surface area contributed by atoms with Crippen LogP contribution in [0.5, 0.6) is 0 Å². The van der Waals surface area contributed by atoms with Gasteiger partial charge in [-0.2, -0.15) is 0 Å². The third kappa shape index (κ3) is 2.82. The maximum Gasteiger partial charge on any atom is 0.150 e. The van der Waals surface area contributed by atoms with E-state index >= 15 is 0 Å². The fraction of sp³-hybridized carbons (Fsp3) is 0.250. The van der Waals surface area contributed by atoms with E-state index < -0.39 is 0 Å². The van der Waals surface area contributed by atoms with Crippen molar-refractivity contribution in [3.8, 4) is 0 Å². The van der Waals surface area contributed by atoms with Crippen molar-refractivity contribution in [3.05, 3.63) is 41.0 Å². The molecule has 1 rings (SSSR count). The Morgan fingerprint density at radius 1 is 1.43 bits per heavy atom. The summed E-state index contributed by atoms with van der Waals surface area (Å²) in [6.07, 6.45) is 5.76. The highest BCUT2D eigenvalue weighted by atomic mass is 16.1. The molecule has 1 aromatic rings. The molecular weight excluding hydrogens is 174 g/mol. The summed E-state index contributed by atoms with van der Waals surface area (Å²) in [5.41, 5.74) is 8.35. The molecule has 74 valence electrons. The van der Waals surface area contributed by atoms with Crippen LogP contribution in [0.2, 0.25) is 0 Å². The van der Waals surface area contributed by atoms with Gasteiger partial charge in [0.2, 0.25) is 0 Å². The minimum Gasteiger partial charge on any atom is -0.330 e. The molecule has 14 heavy (non-hydrogen) atoms. The molecule has 0 saturated heterocycles. The monoisotopic (exact) mass is 189 g/mol. The van der Waals surface area contributed by atoms with Gasteiger partial charge in [-0.1, -0.05) is 24.3 Å². The highest BCUT2D eigenvalue weighted by Crippen LogP contribution is 2.12. The number of aryl methyl sites for hydroxylation is 1. The third-order valence-corrected chi connectivity index (χ3v) is 2.07. The van der Waals surface area contributed by atoms with Crippen LogP contribution in [0.4, 0.5) is 0 Å². The van der Waals surface area contributed by atoms with Crippen LogP contribution in [0.25, 0.3) is 6.08 Å². The van der Waals surface area contributed by atoms with E-state index in [0.717, 1.165) is 18.3 Å². The number of hydrogen-bond acceptors (Lipinski definition) is 2. The van der Waals surface area contributed by atoms with E-state index in [-0.39, 0.29) is 0 Å². The Kier molecular flexibility index (Phi) is 4.08. The molecule has 2 nitrogen and oxygen atoms in total. The average Bonchev–Trinajstić information content (AvgIpc) is 2.21. The molecule has 0 amide bonds. The van der Waals surface area contributed by atoms with Crippen LogP contribution in [0.3, 0.4) is 0 Å². The van der Waals surface area contributed by atoms with Crippen molar-refractivity contribution in [1.82, 2.24) is 0 Å². The SMILES string of the molecule is Cc1ccc(C=O)cc1C=CCCN. The van der Waals surface area contributed by atoms with E-state index in [9.17, 15) is 4.79 Å². The van der Waals surface area contributed by atoms with Crippen molar-refractivity contribution in [1.29, 1.82) is 0 Å². The molecule has 2 N–H and O–H groups in total. The summed E-state index contributed by atoms with van der Waals surface area (Å²) in [5.74, 6) is 0. The highest BCUT2D eigenvalue weighted by molar-refractivity contribution is 5.76. The lowest BCUT2D eigenvalue weighted by Gasteiger charge is -2.00. The lowest BCUT2D eigenvalue weighted by Crippen LogP contribution is -1.95. The van der Waals surface area contributed by atoms with E-state index in [2.05, 4.69) is 0 Å². The van der Waals surface area contributed by atoms with Gasteiger partial charge in [0.1, 0.15) is 6.29 Å². The first-order valence-corrected chi connectivity index (χ1v) is 4.70. The number of rotatable bonds is 4. The van der Waals surface area contributed by atoms with Crippen molar-refractivity contribution < 1.29 is 4.79 Å². The molecule has 0 spiro atoms. The van der Waals surface area contributed by atoms with Gasteiger partial charge in [0.25, 0.3) is 0 Å². The maximum absolute atomic E-state index is 10.6. The summed E-state index contributed by atoms with van der Waals surface area (Å²) in [4.78, 5) is 10.6. The molecule has 0 fully saturated rings. The fourth-order valence-corrected chi connectivity index (χ4v) is 1.22. The van der Waals surface area contributed by atoms with Crippen molar-refractivity contribution in [3.63, 3.8) is 0 Å². The minimum absolute atomic E-state index is 0.656. The van der Waals surface area contributed by atoms with Gasteiger partial charge >= 0.3 is 0 Å². The zero-order chi connectivity index (χ0) is 10.4. The Hall–Kier alpha value is -1.41. The van der Waals surface area contributed by atoms with E-state index in [1.165, 1.54) is 5.56 Å². The van der Waals surface area contributed by atoms with Crippen molar-refractivity contribution in [2.24, 2.45) is 5.73 Å². The van der Waals surface area contributed by atoms with Gasteiger partial charge in [0.05, 0.1) is 0 Å². The molecule has 0 aromatic heterocycles. The molecule has 0 atom stereocenters. The number of aldehydes is 1. The average molecular weight is 189 g/mol. The number of hydrogen-bond donors (Lipinski definition) is 1. The summed E-state index contributed by atoms with van der Waals surface area (Å²) in [6, 6.07) is 5.66. The highest BCUT2D eigenvalue weighted by Gasteiger charge is 1.95. The Morgan fingerprint density at radius 3 is 2.86 bits per heavy atom. The van der Waals surface area contributed by atoms with Gasteiger partial charge < -0.3 is 5.73 Å². The van der Waals surface area contributed by atoms with Crippen molar-refractivity contribution >= 4 is 12.4 Å². The summed E-state index contributed by atoms with van der Waals surface area (Å²) in [5, 5.41) is 0. The quantitative estimate of drug-likeness (QED) is 0.737. The lowest BCUT2D eigenvalue weighted by atomic mass is 10.0. The summed E-state index contributed by atoms with van der Waals surface area (Å²) in [7, 11) is 0. The van der Waals surface area contributed by atoms with Gasteiger partial charge in [-0.05, 0) is 37.1 Å². The van der Waals surface area contributed by atoms with Crippen molar-refractivity contribution in [2.75, 3.05) is 6.54 Å². The van der Waals surface area contributed by atoms with Crippen LogP contribution >= 0.6 is 0 Å². The van der Waals surface area contributed by atoms with Gasteiger partial charge in [-0.25, -0.2) is 0 Å². The summed E-state index contributed by atoms with van der Waals surface area (Å²) >= 11 is 0. The van der Waals surface area contributed by atoms with E-state index in [4.69, 9.17) is 5.73 Å². The Labute approximate surface area is 84.4 Å². The van der Waals surface area contributed by atoms with Crippen molar-refractivity contribution in [2.45, 2.75) is 13.3 Å². The zero-order valence-corrected chi connectivity index (χ0v) is 8.36. The van der Waals surface area contributed by atoms with Gasteiger partial charge in [-0.15, -0.1) is 0 Å². The predicted octanol–water partition coefficient (Wildman–Crippen LogP) is 2.17. The first-order chi connectivity index (χ1) is 6.77. The van der Waals surface area contributed by atoms with E-state index in [1.807, 2.05) is 37.3 Å². The van der Waals surface area contributed by atoms with E-state index in [1.54, 1.807) is 0 Å². The normalized spacial score (nSPS) is 10.7. The third-order valence-electron chi connectivity index (χ3n) is 2.07. The maximum atomic E-state index is 10.6. The lowest BCUT2D eigenvalue weighted by molar-refractivity contribution is 0.112. The molecule has 2 heteroatoms. The number of carbonyl (C=O) groups is 1. The molecular formula is C12H15NO. The minimum atomic E-state index is 0.656. The number of nitrogens with two attached hydrogens (primary N) is 1. The number of benzene rings is 1. The largest absolute Gasteiger partial charge is 0.330 e. The summed E-state index contributed by atoms with van der Waals surface area (Å²) < 4.78 is 0. The Bertz CT molecular complexity index is 342. The molecule has 0 bridgehead atoms. The van der Waals surface area contributed by atoms with Crippen LogP contribution in [-0.4, -0.2) is 12.8 Å². The molecule has 0 aliphatic heterocycles. The fourth-order valence-electron chi connectivity index (χ4n) is 1.22. The molecule has 1 aromatic carbocycles. The standard InChI is InChI=1S/C12H15NO/c1-10-5-6-11(9-14)8-12(10)4-2-3-7-13/h2,4-6,8-9H,3,7,13H2,1H3. The van der Waals surface area contributed by atoms with Gasteiger partial charge in [0, 0.05) is 5.56 Å². The van der Waals surface area contributed by atoms with Crippen LogP contribution in [0.1, 0.15) is 27.9 Å².